The lowest BCUT2D eigenvalue weighted by Crippen LogP contribution is -2.10. The van der Waals surface area contributed by atoms with Gasteiger partial charge < -0.3 is 10.7 Å². The van der Waals surface area contributed by atoms with Crippen LogP contribution < -0.4 is 5.73 Å². The van der Waals surface area contributed by atoms with Gasteiger partial charge in [-0.1, -0.05) is 26.8 Å². The molecule has 1 aromatic carbocycles. The Kier molecular flexibility index (Phi) is 5.30. The van der Waals surface area contributed by atoms with Crippen molar-refractivity contribution in [2.75, 3.05) is 6.54 Å². The van der Waals surface area contributed by atoms with E-state index in [0.717, 1.165) is 35.8 Å². The van der Waals surface area contributed by atoms with E-state index >= 15 is 0 Å². The molecular formula is C21H26BrN3. The number of pyridine rings is 1. The van der Waals surface area contributed by atoms with Crippen molar-refractivity contribution in [3.05, 3.63) is 52.3 Å². The maximum Gasteiger partial charge on any atom is 0.0513 e. The van der Waals surface area contributed by atoms with Crippen LogP contribution in [0.25, 0.3) is 22.2 Å². The number of aromatic nitrogens is 2. The summed E-state index contributed by atoms with van der Waals surface area (Å²) in [5, 5.41) is 1.32. The first kappa shape index (κ1) is 18.2. The van der Waals surface area contributed by atoms with Gasteiger partial charge in [-0.25, -0.2) is 0 Å². The zero-order chi connectivity index (χ0) is 18.0. The molecule has 0 spiro atoms. The lowest BCUT2D eigenvalue weighted by Gasteiger charge is -2.19. The van der Waals surface area contributed by atoms with Crippen LogP contribution in [0.4, 0.5) is 0 Å². The molecule has 2 heterocycles. The van der Waals surface area contributed by atoms with Crippen molar-refractivity contribution in [3.63, 3.8) is 0 Å². The van der Waals surface area contributed by atoms with Crippen LogP contribution in [0.1, 0.15) is 44.7 Å². The third-order valence-electron chi connectivity index (χ3n) is 4.65. The SMILES string of the molecule is CC(C)(C)c1ccc2[nH]c(-c3cncc(Br)c3)c(CCCCN)c2c1. The molecule has 3 aromatic rings. The average molecular weight is 400 g/mol. The fraction of sp³-hybridized carbons (Fsp3) is 0.381. The third kappa shape index (κ3) is 3.96. The lowest BCUT2D eigenvalue weighted by molar-refractivity contribution is 0.591. The normalized spacial score (nSPS) is 12.0. The van der Waals surface area contributed by atoms with Gasteiger partial charge in [0, 0.05) is 33.3 Å². The van der Waals surface area contributed by atoms with Crippen LogP contribution in [0.15, 0.2) is 41.1 Å². The van der Waals surface area contributed by atoms with Crippen molar-refractivity contribution in [3.8, 4) is 11.3 Å². The standard InChI is InChI=1S/C21H26BrN3/c1-21(2,3)15-7-8-19-18(11-15)17(6-4-5-9-23)20(25-19)14-10-16(22)13-24-12-14/h7-8,10-13,25H,4-6,9,23H2,1-3H3. The molecule has 0 saturated carbocycles. The summed E-state index contributed by atoms with van der Waals surface area (Å²) in [7, 11) is 0. The van der Waals surface area contributed by atoms with Crippen molar-refractivity contribution in [1.29, 1.82) is 0 Å². The predicted molar refractivity (Wildman–Crippen MR) is 110 cm³/mol. The van der Waals surface area contributed by atoms with Gasteiger partial charge in [-0.05, 0) is 76.5 Å². The first-order valence-corrected chi connectivity index (χ1v) is 9.65. The number of halogens is 1. The number of fused-ring (bicyclic) bond motifs is 1. The Balaban J connectivity index is 2.16. The van der Waals surface area contributed by atoms with E-state index in [9.17, 15) is 0 Å². The number of rotatable bonds is 5. The number of nitrogens with two attached hydrogens (primary N) is 1. The van der Waals surface area contributed by atoms with Crippen molar-refractivity contribution >= 4 is 26.8 Å². The average Bonchev–Trinajstić information content (AvgIpc) is 2.92. The molecule has 0 bridgehead atoms. The van der Waals surface area contributed by atoms with Crippen LogP contribution >= 0.6 is 15.9 Å². The number of hydrogen-bond donors (Lipinski definition) is 2. The predicted octanol–water partition coefficient (Wildman–Crippen LogP) is 5.57. The van der Waals surface area contributed by atoms with E-state index in [4.69, 9.17) is 5.73 Å². The van der Waals surface area contributed by atoms with Crippen LogP contribution in [-0.4, -0.2) is 16.5 Å². The highest BCUT2D eigenvalue weighted by Gasteiger charge is 2.18. The molecule has 2 aromatic heterocycles. The van der Waals surface area contributed by atoms with E-state index in [1.54, 1.807) is 0 Å². The monoisotopic (exact) mass is 399 g/mol. The molecule has 0 aliphatic heterocycles. The molecule has 25 heavy (non-hydrogen) atoms. The number of nitrogens with zero attached hydrogens (tertiary/aromatic N) is 1. The summed E-state index contributed by atoms with van der Waals surface area (Å²) in [6, 6.07) is 8.90. The number of unbranched alkanes of at least 4 members (excludes halogenated alkanes) is 1. The van der Waals surface area contributed by atoms with E-state index in [0.29, 0.717) is 0 Å². The molecule has 3 N–H and O–H groups in total. The number of H-pyrrole nitrogens is 1. The Morgan fingerprint density at radius 3 is 2.60 bits per heavy atom. The number of hydrogen-bond acceptors (Lipinski definition) is 2. The highest BCUT2D eigenvalue weighted by Crippen LogP contribution is 2.35. The molecule has 132 valence electrons. The van der Waals surface area contributed by atoms with Gasteiger partial charge in [0.2, 0.25) is 0 Å². The smallest absolute Gasteiger partial charge is 0.0513 e. The summed E-state index contributed by atoms with van der Waals surface area (Å²) in [6.45, 7) is 7.51. The quantitative estimate of drug-likeness (QED) is 0.550. The lowest BCUT2D eigenvalue weighted by atomic mass is 9.86. The van der Waals surface area contributed by atoms with Gasteiger partial charge >= 0.3 is 0 Å². The molecule has 4 heteroatoms. The van der Waals surface area contributed by atoms with E-state index in [1.165, 1.54) is 27.7 Å². The zero-order valence-corrected chi connectivity index (χ0v) is 16.8. The third-order valence-corrected chi connectivity index (χ3v) is 5.08. The van der Waals surface area contributed by atoms with Crippen LogP contribution in [0.5, 0.6) is 0 Å². The number of benzene rings is 1. The van der Waals surface area contributed by atoms with Gasteiger partial charge in [0.1, 0.15) is 0 Å². The maximum atomic E-state index is 5.71. The van der Waals surface area contributed by atoms with Gasteiger partial charge in [-0.15, -0.1) is 0 Å². The Labute approximate surface area is 158 Å². The topological polar surface area (TPSA) is 54.7 Å². The number of nitrogens with one attached hydrogen (secondary N) is 1. The molecule has 0 aliphatic rings. The second kappa shape index (κ2) is 7.30. The summed E-state index contributed by atoms with van der Waals surface area (Å²) < 4.78 is 0.993. The number of aryl methyl sites for hydroxylation is 1. The van der Waals surface area contributed by atoms with Crippen LogP contribution in [0, 0.1) is 0 Å². The Morgan fingerprint density at radius 1 is 1.12 bits per heavy atom. The second-order valence-corrected chi connectivity index (χ2v) is 8.54. The van der Waals surface area contributed by atoms with Crippen molar-refractivity contribution in [2.24, 2.45) is 5.73 Å². The molecule has 0 fully saturated rings. The van der Waals surface area contributed by atoms with Crippen LogP contribution in [-0.2, 0) is 11.8 Å². The molecule has 3 nitrogen and oxygen atoms in total. The summed E-state index contributed by atoms with van der Waals surface area (Å²) in [5.74, 6) is 0. The summed E-state index contributed by atoms with van der Waals surface area (Å²) in [5.41, 5.74) is 12.0. The van der Waals surface area contributed by atoms with E-state index in [1.807, 2.05) is 12.4 Å². The Hall–Kier alpha value is -1.65. The molecule has 0 unspecified atom stereocenters. The minimum Gasteiger partial charge on any atom is -0.354 e. The molecule has 3 rings (SSSR count). The largest absolute Gasteiger partial charge is 0.354 e. The summed E-state index contributed by atoms with van der Waals surface area (Å²) >= 11 is 3.54. The van der Waals surface area contributed by atoms with Crippen molar-refractivity contribution in [1.82, 2.24) is 9.97 Å². The van der Waals surface area contributed by atoms with E-state index < -0.39 is 0 Å². The van der Waals surface area contributed by atoms with Gasteiger partial charge in [0.15, 0.2) is 0 Å². The number of aromatic amines is 1. The molecule has 0 atom stereocenters. The first-order valence-electron chi connectivity index (χ1n) is 8.86. The van der Waals surface area contributed by atoms with Gasteiger partial charge in [-0.2, -0.15) is 0 Å². The summed E-state index contributed by atoms with van der Waals surface area (Å²) in [6.07, 6.45) is 6.90. The molecule has 0 radical (unpaired) electrons. The molecule has 0 saturated heterocycles. The molecule has 0 amide bonds. The van der Waals surface area contributed by atoms with Crippen LogP contribution in [0.3, 0.4) is 0 Å². The van der Waals surface area contributed by atoms with Crippen molar-refractivity contribution in [2.45, 2.75) is 45.4 Å². The van der Waals surface area contributed by atoms with E-state index in [-0.39, 0.29) is 5.41 Å². The minimum absolute atomic E-state index is 0.136. The van der Waals surface area contributed by atoms with Gasteiger partial charge in [-0.3, -0.25) is 4.98 Å². The molecular weight excluding hydrogens is 374 g/mol. The highest BCUT2D eigenvalue weighted by molar-refractivity contribution is 9.10. The Morgan fingerprint density at radius 2 is 1.92 bits per heavy atom. The molecule has 0 aliphatic carbocycles. The minimum atomic E-state index is 0.136. The fourth-order valence-electron chi connectivity index (χ4n) is 3.21. The van der Waals surface area contributed by atoms with Crippen molar-refractivity contribution < 1.29 is 0 Å². The fourth-order valence-corrected chi connectivity index (χ4v) is 3.58. The maximum absolute atomic E-state index is 5.71. The van der Waals surface area contributed by atoms with Gasteiger partial charge in [0.25, 0.3) is 0 Å². The highest BCUT2D eigenvalue weighted by atomic mass is 79.9. The van der Waals surface area contributed by atoms with Crippen LogP contribution in [0.2, 0.25) is 0 Å². The zero-order valence-electron chi connectivity index (χ0n) is 15.2. The first-order chi connectivity index (χ1) is 11.9. The summed E-state index contributed by atoms with van der Waals surface area (Å²) in [4.78, 5) is 7.96. The second-order valence-electron chi connectivity index (χ2n) is 7.63. The van der Waals surface area contributed by atoms with E-state index in [2.05, 4.69) is 70.9 Å². The van der Waals surface area contributed by atoms with Gasteiger partial charge in [0.05, 0.1) is 5.69 Å². The Bertz CT molecular complexity index is 874.